The molecule has 1 aromatic carbocycles. The molecule has 138 valence electrons. The van der Waals surface area contributed by atoms with Crippen molar-refractivity contribution in [2.75, 3.05) is 39.8 Å². The number of nitrogens with zero attached hydrogens (tertiary/aromatic N) is 2. The molecule has 2 heterocycles. The van der Waals surface area contributed by atoms with Crippen molar-refractivity contribution in [1.82, 2.24) is 14.5 Å². The smallest absolute Gasteiger partial charge is 0.249 e. The van der Waals surface area contributed by atoms with E-state index in [4.69, 9.17) is 4.74 Å². The zero-order chi connectivity index (χ0) is 17.9. The molecule has 8 heteroatoms. The minimum atomic E-state index is -3.45. The van der Waals surface area contributed by atoms with Gasteiger partial charge in [-0.3, -0.25) is 4.79 Å². The van der Waals surface area contributed by atoms with E-state index in [-0.39, 0.29) is 12.0 Å². The highest BCUT2D eigenvalue weighted by atomic mass is 32.2. The fraction of sp³-hybridized carbons (Fsp3) is 0.588. The maximum atomic E-state index is 12.7. The highest BCUT2D eigenvalue weighted by molar-refractivity contribution is 7.89. The van der Waals surface area contributed by atoms with Crippen LogP contribution in [0.4, 0.5) is 0 Å². The Morgan fingerprint density at radius 3 is 2.48 bits per heavy atom. The third kappa shape index (κ3) is 4.38. The summed E-state index contributed by atoms with van der Waals surface area (Å²) in [7, 11) is -1.46. The molecular formula is C17H25N3O4S. The van der Waals surface area contributed by atoms with Crippen LogP contribution in [-0.2, 0) is 26.1 Å². The average Bonchev–Trinajstić information content (AvgIpc) is 3.15. The van der Waals surface area contributed by atoms with Crippen LogP contribution in [0.15, 0.2) is 29.2 Å². The lowest BCUT2D eigenvalue weighted by atomic mass is 10.2. The van der Waals surface area contributed by atoms with Crippen LogP contribution in [0.3, 0.4) is 0 Å². The maximum absolute atomic E-state index is 12.7. The van der Waals surface area contributed by atoms with Gasteiger partial charge in [0.05, 0.1) is 4.90 Å². The Kier molecular flexibility index (Phi) is 5.73. The molecule has 2 aliphatic rings. The Bertz CT molecular complexity index is 691. The number of amides is 1. The quantitative estimate of drug-likeness (QED) is 0.816. The minimum Gasteiger partial charge on any atom is -0.368 e. The van der Waals surface area contributed by atoms with E-state index in [2.05, 4.69) is 10.2 Å². The summed E-state index contributed by atoms with van der Waals surface area (Å²) in [6.07, 6.45) is 1.32. The molecule has 1 N–H and O–H groups in total. The van der Waals surface area contributed by atoms with Crippen molar-refractivity contribution < 1.29 is 17.9 Å². The summed E-state index contributed by atoms with van der Waals surface area (Å²) in [5.74, 6) is -0.105. The number of carbonyl (C=O) groups is 1. The monoisotopic (exact) mass is 367 g/mol. The van der Waals surface area contributed by atoms with Crippen molar-refractivity contribution in [1.29, 1.82) is 0 Å². The predicted molar refractivity (Wildman–Crippen MR) is 93.5 cm³/mol. The van der Waals surface area contributed by atoms with Gasteiger partial charge in [0.25, 0.3) is 0 Å². The number of carbonyl (C=O) groups excluding carboxylic acids is 1. The van der Waals surface area contributed by atoms with Crippen LogP contribution in [0.1, 0.15) is 18.4 Å². The molecule has 1 amide bonds. The second-order valence-electron chi connectivity index (χ2n) is 6.57. The van der Waals surface area contributed by atoms with Gasteiger partial charge in [0.1, 0.15) is 6.10 Å². The molecular weight excluding hydrogens is 342 g/mol. The number of hydrogen-bond donors (Lipinski definition) is 1. The van der Waals surface area contributed by atoms with Crippen molar-refractivity contribution >= 4 is 15.9 Å². The summed E-state index contributed by atoms with van der Waals surface area (Å²) in [4.78, 5) is 14.3. The second-order valence-corrected chi connectivity index (χ2v) is 8.51. The molecule has 1 unspecified atom stereocenters. The topological polar surface area (TPSA) is 79.0 Å². The van der Waals surface area contributed by atoms with Crippen LogP contribution in [0, 0.1) is 0 Å². The summed E-state index contributed by atoms with van der Waals surface area (Å²) in [5, 5.41) is 2.84. The fourth-order valence-corrected chi connectivity index (χ4v) is 4.47. The van der Waals surface area contributed by atoms with E-state index in [0.717, 1.165) is 31.5 Å². The molecule has 2 saturated heterocycles. The molecule has 0 radical (unpaired) electrons. The van der Waals surface area contributed by atoms with Gasteiger partial charge in [0.2, 0.25) is 15.9 Å². The third-order valence-electron chi connectivity index (χ3n) is 4.71. The average molecular weight is 367 g/mol. The van der Waals surface area contributed by atoms with Crippen molar-refractivity contribution in [2.45, 2.75) is 30.4 Å². The largest absolute Gasteiger partial charge is 0.368 e. The lowest BCUT2D eigenvalue weighted by molar-refractivity contribution is -0.130. The van der Waals surface area contributed by atoms with Gasteiger partial charge in [-0.2, -0.15) is 4.31 Å². The molecule has 0 bridgehead atoms. The number of hydrogen-bond acceptors (Lipinski definition) is 5. The number of benzene rings is 1. The Morgan fingerprint density at radius 1 is 1.20 bits per heavy atom. The molecule has 2 aliphatic heterocycles. The van der Waals surface area contributed by atoms with Crippen LogP contribution in [0.2, 0.25) is 0 Å². The Hall–Kier alpha value is -1.48. The molecule has 1 atom stereocenters. The molecule has 0 aliphatic carbocycles. The van der Waals surface area contributed by atoms with Crippen LogP contribution in [0.25, 0.3) is 0 Å². The zero-order valence-electron chi connectivity index (χ0n) is 14.5. The van der Waals surface area contributed by atoms with E-state index < -0.39 is 10.0 Å². The lowest BCUT2D eigenvalue weighted by Gasteiger charge is -2.31. The number of ether oxygens (including phenoxy) is 1. The van der Waals surface area contributed by atoms with Gasteiger partial charge in [-0.15, -0.1) is 0 Å². The minimum absolute atomic E-state index is 0.105. The van der Waals surface area contributed by atoms with Crippen LogP contribution >= 0.6 is 0 Å². The molecule has 0 spiro atoms. The third-order valence-corrected chi connectivity index (χ3v) is 6.63. The standard InChI is InChI=1S/C17H25N3O4S/c1-19-8-10-20(11-9-19)25(22,23)15-6-4-14(5-7-15)13-18-17(21)16-3-2-12-24-16/h4-7,16H,2-3,8-13H2,1H3,(H,18,21). The van der Waals surface area contributed by atoms with Crippen molar-refractivity contribution in [3.8, 4) is 0 Å². The van der Waals surface area contributed by atoms with Crippen LogP contribution in [-0.4, -0.2) is 69.5 Å². The Labute approximate surface area is 149 Å². The van der Waals surface area contributed by atoms with Gasteiger partial charge < -0.3 is 15.0 Å². The fourth-order valence-electron chi connectivity index (χ4n) is 3.04. The number of sulfonamides is 1. The van der Waals surface area contributed by atoms with E-state index in [0.29, 0.717) is 31.1 Å². The Balaban J connectivity index is 1.58. The summed E-state index contributed by atoms with van der Waals surface area (Å²) in [6.45, 7) is 3.51. The van der Waals surface area contributed by atoms with E-state index in [1.807, 2.05) is 7.05 Å². The first-order chi connectivity index (χ1) is 12.0. The highest BCUT2D eigenvalue weighted by Gasteiger charge is 2.27. The van der Waals surface area contributed by atoms with Gasteiger partial charge in [-0.1, -0.05) is 12.1 Å². The lowest BCUT2D eigenvalue weighted by Crippen LogP contribution is -2.47. The van der Waals surface area contributed by atoms with E-state index in [9.17, 15) is 13.2 Å². The molecule has 0 aromatic heterocycles. The summed E-state index contributed by atoms with van der Waals surface area (Å²) < 4.78 is 32.2. The number of nitrogens with one attached hydrogen (secondary N) is 1. The van der Waals surface area contributed by atoms with E-state index >= 15 is 0 Å². The summed E-state index contributed by atoms with van der Waals surface area (Å²) >= 11 is 0. The summed E-state index contributed by atoms with van der Waals surface area (Å²) in [6, 6.07) is 6.72. The van der Waals surface area contributed by atoms with Gasteiger partial charge in [-0.05, 0) is 37.6 Å². The molecule has 3 rings (SSSR count). The second kappa shape index (κ2) is 7.82. The van der Waals surface area contributed by atoms with Crippen molar-refractivity contribution in [3.05, 3.63) is 29.8 Å². The van der Waals surface area contributed by atoms with Gasteiger partial charge in [-0.25, -0.2) is 8.42 Å². The molecule has 25 heavy (non-hydrogen) atoms. The first-order valence-electron chi connectivity index (χ1n) is 8.64. The van der Waals surface area contributed by atoms with E-state index in [1.165, 1.54) is 4.31 Å². The number of piperazine rings is 1. The number of likely N-dealkylation sites (N-methyl/N-ethyl adjacent to an activating group) is 1. The van der Waals surface area contributed by atoms with Gasteiger partial charge in [0, 0.05) is 39.3 Å². The highest BCUT2D eigenvalue weighted by Crippen LogP contribution is 2.18. The zero-order valence-corrected chi connectivity index (χ0v) is 15.3. The molecule has 2 fully saturated rings. The first-order valence-corrected chi connectivity index (χ1v) is 10.1. The molecule has 0 saturated carbocycles. The van der Waals surface area contributed by atoms with Crippen molar-refractivity contribution in [3.63, 3.8) is 0 Å². The Morgan fingerprint density at radius 2 is 1.88 bits per heavy atom. The SMILES string of the molecule is CN1CCN(S(=O)(=O)c2ccc(CNC(=O)C3CCCO3)cc2)CC1. The molecule has 7 nitrogen and oxygen atoms in total. The number of rotatable bonds is 5. The van der Waals surface area contributed by atoms with Crippen molar-refractivity contribution in [2.24, 2.45) is 0 Å². The van der Waals surface area contributed by atoms with Gasteiger partial charge in [0.15, 0.2) is 0 Å². The first kappa shape index (κ1) is 18.3. The molecule has 1 aromatic rings. The maximum Gasteiger partial charge on any atom is 0.249 e. The predicted octanol–water partition coefficient (Wildman–Crippen LogP) is 0.418. The van der Waals surface area contributed by atoms with Gasteiger partial charge >= 0.3 is 0 Å². The van der Waals surface area contributed by atoms with E-state index in [1.54, 1.807) is 24.3 Å². The normalized spacial score (nSPS) is 22.8. The van der Waals surface area contributed by atoms with Crippen LogP contribution in [0.5, 0.6) is 0 Å². The summed E-state index contributed by atoms with van der Waals surface area (Å²) in [5.41, 5.74) is 0.865. The van der Waals surface area contributed by atoms with Crippen LogP contribution < -0.4 is 5.32 Å².